The van der Waals surface area contributed by atoms with Gasteiger partial charge in [0.25, 0.3) is 0 Å². The van der Waals surface area contributed by atoms with E-state index in [1.54, 1.807) is 12.1 Å². The van der Waals surface area contributed by atoms with Gasteiger partial charge in [0.2, 0.25) is 15.9 Å². The Balaban J connectivity index is 1.40. The molecule has 3 N–H and O–H groups in total. The molecule has 0 atom stereocenters. The summed E-state index contributed by atoms with van der Waals surface area (Å²) in [5.74, 6) is 0.139. The minimum Gasteiger partial charge on any atom is -0.316 e. The highest BCUT2D eigenvalue weighted by atomic mass is 32.2. The Morgan fingerprint density at radius 3 is 2.54 bits per heavy atom. The number of anilines is 1. The molecule has 0 saturated heterocycles. The summed E-state index contributed by atoms with van der Waals surface area (Å²) < 4.78 is 22.4. The lowest BCUT2D eigenvalue weighted by molar-refractivity contribution is -0.118. The minimum atomic E-state index is -3.65. The fourth-order valence-corrected chi connectivity index (χ4v) is 3.65. The molecule has 7 heteroatoms. The second-order valence-corrected chi connectivity index (χ2v) is 7.92. The molecule has 1 aliphatic heterocycles. The van der Waals surface area contributed by atoms with Gasteiger partial charge < -0.3 is 10.2 Å². The van der Waals surface area contributed by atoms with E-state index in [1.807, 2.05) is 23.1 Å². The lowest BCUT2D eigenvalue weighted by Crippen LogP contribution is -2.32. The second kappa shape index (κ2) is 7.99. The van der Waals surface area contributed by atoms with Crippen molar-refractivity contribution in [1.29, 1.82) is 0 Å². The second-order valence-electron chi connectivity index (χ2n) is 6.36. The molecule has 6 nitrogen and oxygen atoms in total. The number of nitrogens with one attached hydrogen (secondary N) is 1. The number of amides is 1. The largest absolute Gasteiger partial charge is 0.316 e. The molecule has 0 unspecified atom stereocenters. The zero-order valence-electron chi connectivity index (χ0n) is 14.5. The van der Waals surface area contributed by atoms with Crippen LogP contribution in [0.3, 0.4) is 0 Å². The molecule has 1 heterocycles. The Morgan fingerprint density at radius 2 is 1.81 bits per heavy atom. The van der Waals surface area contributed by atoms with Gasteiger partial charge in [-0.2, -0.15) is 0 Å². The van der Waals surface area contributed by atoms with Gasteiger partial charge >= 0.3 is 0 Å². The first-order valence-corrected chi connectivity index (χ1v) is 10.2. The molecule has 1 aliphatic rings. The van der Waals surface area contributed by atoms with Gasteiger partial charge in [-0.3, -0.25) is 4.79 Å². The van der Waals surface area contributed by atoms with Crippen LogP contribution >= 0.6 is 0 Å². The fourth-order valence-electron chi connectivity index (χ4n) is 3.13. The van der Waals surface area contributed by atoms with Crippen molar-refractivity contribution in [3.8, 4) is 0 Å². The van der Waals surface area contributed by atoms with Gasteiger partial charge in [0.15, 0.2) is 0 Å². The van der Waals surface area contributed by atoms with E-state index in [1.165, 1.54) is 17.7 Å². The van der Waals surface area contributed by atoms with Crippen LogP contribution < -0.4 is 15.4 Å². The third-order valence-electron chi connectivity index (χ3n) is 4.55. The lowest BCUT2D eigenvalue weighted by atomic mass is 10.1. The van der Waals surface area contributed by atoms with E-state index in [2.05, 4.69) is 11.4 Å². The maximum Gasteiger partial charge on any atom is 0.238 e. The summed E-state index contributed by atoms with van der Waals surface area (Å²) >= 11 is 0. The quantitative estimate of drug-likeness (QED) is 0.719. The first kappa shape index (κ1) is 18.6. The standard InChI is InChI=1S/C19H23N3O3S/c20-26(24,25)17-7-5-15(6-8-17)9-12-21-13-10-19(23)22-14-11-16-3-1-2-4-18(16)22/h1-8,21H,9-14H2,(H2,20,24,25). The van der Waals surface area contributed by atoms with Crippen molar-refractivity contribution in [1.82, 2.24) is 5.32 Å². The van der Waals surface area contributed by atoms with Gasteiger partial charge in [0.05, 0.1) is 4.90 Å². The van der Waals surface area contributed by atoms with Crippen LogP contribution in [0.4, 0.5) is 5.69 Å². The van der Waals surface area contributed by atoms with Crippen LogP contribution in [0.5, 0.6) is 0 Å². The van der Waals surface area contributed by atoms with Crippen LogP contribution in [0.2, 0.25) is 0 Å². The number of nitrogens with zero attached hydrogens (tertiary/aromatic N) is 1. The summed E-state index contributed by atoms with van der Waals surface area (Å²) in [5.41, 5.74) is 3.29. The molecular formula is C19H23N3O3S. The number of carbonyl (C=O) groups is 1. The van der Waals surface area contributed by atoms with Crippen molar-refractivity contribution in [2.24, 2.45) is 5.14 Å². The van der Waals surface area contributed by atoms with Crippen LogP contribution in [0, 0.1) is 0 Å². The van der Waals surface area contributed by atoms with Gasteiger partial charge in [-0.05, 0) is 48.7 Å². The molecule has 26 heavy (non-hydrogen) atoms. The van der Waals surface area contributed by atoms with Gasteiger partial charge in [-0.25, -0.2) is 13.6 Å². The molecule has 0 fully saturated rings. The summed E-state index contributed by atoms with van der Waals surface area (Å²) in [5, 5.41) is 8.35. The van der Waals surface area contributed by atoms with Crippen molar-refractivity contribution in [2.75, 3.05) is 24.5 Å². The Hall–Kier alpha value is -2.22. The molecule has 3 rings (SSSR count). The number of primary sulfonamides is 1. The van der Waals surface area contributed by atoms with Crippen molar-refractivity contribution in [3.05, 3.63) is 59.7 Å². The summed E-state index contributed by atoms with van der Waals surface area (Å²) in [6, 6.07) is 14.6. The molecule has 138 valence electrons. The predicted octanol–water partition coefficient (Wildman–Crippen LogP) is 1.45. The Labute approximate surface area is 154 Å². The zero-order chi connectivity index (χ0) is 18.6. The topological polar surface area (TPSA) is 92.5 Å². The Morgan fingerprint density at radius 1 is 1.08 bits per heavy atom. The molecule has 0 aliphatic carbocycles. The van der Waals surface area contributed by atoms with E-state index in [-0.39, 0.29) is 10.8 Å². The van der Waals surface area contributed by atoms with Crippen LogP contribution in [-0.2, 0) is 27.7 Å². The first-order valence-electron chi connectivity index (χ1n) is 8.66. The average molecular weight is 373 g/mol. The van der Waals surface area contributed by atoms with Crippen LogP contribution in [0.25, 0.3) is 0 Å². The summed E-state index contributed by atoms with van der Waals surface area (Å²) in [6.45, 7) is 2.10. The number of sulfonamides is 1. The van der Waals surface area contributed by atoms with Crippen molar-refractivity contribution < 1.29 is 13.2 Å². The number of para-hydroxylation sites is 1. The van der Waals surface area contributed by atoms with Crippen LogP contribution in [0.15, 0.2) is 53.4 Å². The number of nitrogens with two attached hydrogens (primary N) is 1. The van der Waals surface area contributed by atoms with Gasteiger partial charge in [0, 0.05) is 25.2 Å². The summed E-state index contributed by atoms with van der Waals surface area (Å²) in [6.07, 6.45) is 2.13. The van der Waals surface area contributed by atoms with Crippen LogP contribution in [-0.4, -0.2) is 34.0 Å². The molecule has 1 amide bonds. The molecule has 2 aromatic rings. The van der Waals surface area contributed by atoms with E-state index >= 15 is 0 Å². The number of rotatable bonds is 7. The predicted molar refractivity (Wildman–Crippen MR) is 102 cm³/mol. The molecule has 0 aromatic heterocycles. The Kier molecular flexibility index (Phi) is 5.70. The van der Waals surface area contributed by atoms with Gasteiger partial charge in [0.1, 0.15) is 0 Å². The third kappa shape index (κ3) is 4.49. The molecule has 0 bridgehead atoms. The summed E-state index contributed by atoms with van der Waals surface area (Å²) in [7, 11) is -3.65. The number of fused-ring (bicyclic) bond motifs is 1. The highest BCUT2D eigenvalue weighted by molar-refractivity contribution is 7.89. The number of hydrogen-bond acceptors (Lipinski definition) is 4. The van der Waals surface area contributed by atoms with E-state index in [0.717, 1.165) is 37.2 Å². The number of hydrogen-bond donors (Lipinski definition) is 2. The molecule has 0 spiro atoms. The Bertz CT molecular complexity index is 879. The van der Waals surface area contributed by atoms with E-state index in [4.69, 9.17) is 5.14 Å². The summed E-state index contributed by atoms with van der Waals surface area (Å²) in [4.78, 5) is 14.4. The van der Waals surface area contributed by atoms with Crippen LogP contribution in [0.1, 0.15) is 17.5 Å². The highest BCUT2D eigenvalue weighted by Gasteiger charge is 2.23. The fraction of sp³-hybridized carbons (Fsp3) is 0.316. The lowest BCUT2D eigenvalue weighted by Gasteiger charge is -2.17. The molecular weight excluding hydrogens is 350 g/mol. The zero-order valence-corrected chi connectivity index (χ0v) is 15.3. The maximum absolute atomic E-state index is 12.4. The SMILES string of the molecule is NS(=O)(=O)c1ccc(CCNCCC(=O)N2CCc3ccccc32)cc1. The van der Waals surface area contributed by atoms with E-state index in [0.29, 0.717) is 13.0 Å². The van der Waals surface area contributed by atoms with E-state index in [9.17, 15) is 13.2 Å². The monoisotopic (exact) mass is 373 g/mol. The maximum atomic E-state index is 12.4. The molecule has 0 saturated carbocycles. The first-order chi connectivity index (χ1) is 12.4. The third-order valence-corrected chi connectivity index (χ3v) is 5.48. The van der Waals surface area contributed by atoms with Crippen molar-refractivity contribution >= 4 is 21.6 Å². The minimum absolute atomic E-state index is 0.116. The van der Waals surface area contributed by atoms with Crippen molar-refractivity contribution in [3.63, 3.8) is 0 Å². The highest BCUT2D eigenvalue weighted by Crippen LogP contribution is 2.27. The van der Waals surface area contributed by atoms with Gasteiger partial charge in [-0.1, -0.05) is 30.3 Å². The average Bonchev–Trinajstić information content (AvgIpc) is 3.05. The number of carbonyl (C=O) groups excluding carboxylic acids is 1. The van der Waals surface area contributed by atoms with Crippen molar-refractivity contribution in [2.45, 2.75) is 24.2 Å². The van der Waals surface area contributed by atoms with E-state index < -0.39 is 10.0 Å². The molecule has 0 radical (unpaired) electrons. The normalized spacial score (nSPS) is 13.7. The number of benzene rings is 2. The smallest absolute Gasteiger partial charge is 0.238 e. The molecule has 2 aromatic carbocycles. The van der Waals surface area contributed by atoms with Gasteiger partial charge in [-0.15, -0.1) is 0 Å².